The molecule has 0 aliphatic carbocycles. The van der Waals surface area contributed by atoms with Crippen LogP contribution in [-0.4, -0.2) is 15.6 Å². The van der Waals surface area contributed by atoms with Crippen LogP contribution in [0.1, 0.15) is 21.8 Å². The number of halogens is 1. The van der Waals surface area contributed by atoms with Crippen LogP contribution in [0.5, 0.6) is 0 Å². The first-order valence-corrected chi connectivity index (χ1v) is 6.78. The average molecular weight is 299 g/mol. The van der Waals surface area contributed by atoms with E-state index in [0.29, 0.717) is 17.9 Å². The fourth-order valence-electron chi connectivity index (χ4n) is 2.48. The van der Waals surface area contributed by atoms with Gasteiger partial charge in [-0.1, -0.05) is 0 Å². The van der Waals surface area contributed by atoms with Crippen LogP contribution in [-0.2, 0) is 6.54 Å². The molecule has 2 aromatic heterocycles. The lowest BCUT2D eigenvalue weighted by atomic mass is 10.1. The lowest BCUT2D eigenvalue weighted by Gasteiger charge is -2.10. The molecule has 0 unspecified atom stereocenters. The normalized spacial score (nSPS) is 10.8. The summed E-state index contributed by atoms with van der Waals surface area (Å²) in [5.74, 6) is -0.596. The Bertz CT molecular complexity index is 801. The Balaban J connectivity index is 2.13. The van der Waals surface area contributed by atoms with E-state index in [0.717, 1.165) is 11.3 Å². The third-order valence-electron chi connectivity index (χ3n) is 3.63. The summed E-state index contributed by atoms with van der Waals surface area (Å²) in [6.07, 6.45) is 1.57. The Morgan fingerprint density at radius 2 is 2.00 bits per heavy atom. The maximum Gasteiger partial charge on any atom is 0.337 e. The number of carbonyl (C=O) groups is 1. The van der Waals surface area contributed by atoms with Crippen molar-refractivity contribution in [2.75, 3.05) is 0 Å². The molecule has 3 aromatic rings. The van der Waals surface area contributed by atoms with Gasteiger partial charge < -0.3 is 14.1 Å². The van der Waals surface area contributed by atoms with Crippen molar-refractivity contribution < 1.29 is 18.7 Å². The minimum Gasteiger partial charge on any atom is -0.478 e. The van der Waals surface area contributed by atoms with Gasteiger partial charge >= 0.3 is 5.97 Å². The highest BCUT2D eigenvalue weighted by molar-refractivity contribution is 5.91. The van der Waals surface area contributed by atoms with Crippen LogP contribution in [0.15, 0.2) is 53.1 Å². The van der Waals surface area contributed by atoms with E-state index < -0.39 is 5.97 Å². The molecule has 4 nitrogen and oxygen atoms in total. The Morgan fingerprint density at radius 3 is 2.59 bits per heavy atom. The molecular weight excluding hydrogens is 285 g/mol. The van der Waals surface area contributed by atoms with Crippen molar-refractivity contribution in [1.82, 2.24) is 4.57 Å². The number of rotatable bonds is 4. The summed E-state index contributed by atoms with van der Waals surface area (Å²) in [6, 6.07) is 11.2. The first-order chi connectivity index (χ1) is 10.6. The van der Waals surface area contributed by atoms with Crippen LogP contribution >= 0.6 is 0 Å². The van der Waals surface area contributed by atoms with E-state index in [1.165, 1.54) is 12.1 Å². The largest absolute Gasteiger partial charge is 0.478 e. The van der Waals surface area contributed by atoms with Gasteiger partial charge in [-0.25, -0.2) is 9.18 Å². The molecule has 0 amide bonds. The molecule has 0 saturated heterocycles. The van der Waals surface area contributed by atoms with Crippen molar-refractivity contribution in [3.63, 3.8) is 0 Å². The van der Waals surface area contributed by atoms with Crippen molar-refractivity contribution in [3.8, 4) is 11.3 Å². The van der Waals surface area contributed by atoms with Gasteiger partial charge in [0.25, 0.3) is 0 Å². The molecule has 5 heteroatoms. The number of furan rings is 1. The van der Waals surface area contributed by atoms with E-state index >= 15 is 0 Å². The second kappa shape index (κ2) is 5.52. The zero-order valence-corrected chi connectivity index (χ0v) is 11.9. The maximum absolute atomic E-state index is 13.1. The van der Waals surface area contributed by atoms with Gasteiger partial charge in [-0.05, 0) is 55.0 Å². The minimum absolute atomic E-state index is 0.228. The molecule has 1 aromatic carbocycles. The smallest absolute Gasteiger partial charge is 0.337 e. The summed E-state index contributed by atoms with van der Waals surface area (Å²) in [4.78, 5) is 11.4. The van der Waals surface area contributed by atoms with E-state index in [1.54, 1.807) is 37.5 Å². The highest BCUT2D eigenvalue weighted by atomic mass is 19.1. The van der Waals surface area contributed by atoms with Crippen molar-refractivity contribution >= 4 is 5.97 Å². The molecule has 0 aliphatic rings. The van der Waals surface area contributed by atoms with Crippen molar-refractivity contribution in [2.45, 2.75) is 13.5 Å². The van der Waals surface area contributed by atoms with Gasteiger partial charge in [0.15, 0.2) is 0 Å². The lowest BCUT2D eigenvalue weighted by Crippen LogP contribution is -2.05. The lowest BCUT2D eigenvalue weighted by molar-refractivity contribution is 0.0696. The second-order valence-corrected chi connectivity index (χ2v) is 5.01. The van der Waals surface area contributed by atoms with Crippen molar-refractivity contribution in [3.05, 3.63) is 71.6 Å². The van der Waals surface area contributed by atoms with Gasteiger partial charge in [-0.3, -0.25) is 0 Å². The fraction of sp³-hybridized carbons (Fsp3) is 0.118. The third-order valence-corrected chi connectivity index (χ3v) is 3.63. The molecule has 0 fully saturated rings. The Morgan fingerprint density at radius 1 is 1.27 bits per heavy atom. The number of aromatic carboxylic acids is 1. The molecule has 0 aliphatic heterocycles. The first-order valence-electron chi connectivity index (χ1n) is 6.78. The third kappa shape index (κ3) is 2.53. The molecule has 1 N–H and O–H groups in total. The zero-order chi connectivity index (χ0) is 15.7. The quantitative estimate of drug-likeness (QED) is 0.793. The molecule has 0 radical (unpaired) electrons. The van der Waals surface area contributed by atoms with Crippen molar-refractivity contribution in [1.29, 1.82) is 0 Å². The van der Waals surface area contributed by atoms with Crippen LogP contribution in [0, 0.1) is 12.7 Å². The maximum atomic E-state index is 13.1. The van der Waals surface area contributed by atoms with E-state index in [-0.39, 0.29) is 11.4 Å². The van der Waals surface area contributed by atoms with Gasteiger partial charge in [-0.15, -0.1) is 0 Å². The predicted molar refractivity (Wildman–Crippen MR) is 79.3 cm³/mol. The summed E-state index contributed by atoms with van der Waals surface area (Å²) in [6.45, 7) is 2.16. The monoisotopic (exact) mass is 299 g/mol. The van der Waals surface area contributed by atoms with E-state index in [9.17, 15) is 14.3 Å². The second-order valence-electron chi connectivity index (χ2n) is 5.01. The fourth-order valence-corrected chi connectivity index (χ4v) is 2.48. The molecule has 112 valence electrons. The SMILES string of the molecule is Cc1c(C(=O)O)cc(-c2ccc(F)cc2)n1Cc1ccco1. The predicted octanol–water partition coefficient (Wildman–Crippen LogP) is 3.94. The summed E-state index contributed by atoms with van der Waals surface area (Å²) in [5.41, 5.74) is 2.32. The summed E-state index contributed by atoms with van der Waals surface area (Å²) >= 11 is 0. The van der Waals surface area contributed by atoms with Crippen LogP contribution in [0.4, 0.5) is 4.39 Å². The van der Waals surface area contributed by atoms with Gasteiger partial charge in [0.1, 0.15) is 11.6 Å². The standard InChI is InChI=1S/C17H14FNO3/c1-11-15(17(20)21)9-16(12-4-6-13(18)7-5-12)19(11)10-14-3-2-8-22-14/h2-9H,10H2,1H3,(H,20,21). The molecule has 3 rings (SSSR count). The molecule has 0 atom stereocenters. The highest BCUT2D eigenvalue weighted by Crippen LogP contribution is 2.27. The van der Waals surface area contributed by atoms with Crippen LogP contribution in [0.2, 0.25) is 0 Å². The van der Waals surface area contributed by atoms with Crippen molar-refractivity contribution in [2.24, 2.45) is 0 Å². The Kier molecular flexibility index (Phi) is 3.55. The van der Waals surface area contributed by atoms with Gasteiger partial charge in [-0.2, -0.15) is 0 Å². The molecular formula is C17H14FNO3. The summed E-state index contributed by atoms with van der Waals surface area (Å²) in [7, 11) is 0. The highest BCUT2D eigenvalue weighted by Gasteiger charge is 2.18. The summed E-state index contributed by atoms with van der Waals surface area (Å²) < 4.78 is 20.3. The number of nitrogens with zero attached hydrogens (tertiary/aromatic N) is 1. The van der Waals surface area contributed by atoms with Crippen LogP contribution in [0.3, 0.4) is 0 Å². The first kappa shape index (κ1) is 14.1. The number of aromatic nitrogens is 1. The van der Waals surface area contributed by atoms with Crippen LogP contribution in [0.25, 0.3) is 11.3 Å². The van der Waals surface area contributed by atoms with E-state index in [4.69, 9.17) is 4.42 Å². The minimum atomic E-state index is -0.987. The van der Waals surface area contributed by atoms with E-state index in [1.807, 2.05) is 10.6 Å². The zero-order valence-electron chi connectivity index (χ0n) is 11.9. The summed E-state index contributed by atoms with van der Waals surface area (Å²) in [5, 5.41) is 9.32. The Labute approximate surface area is 126 Å². The molecule has 0 spiro atoms. The number of hydrogen-bond donors (Lipinski definition) is 1. The molecule has 22 heavy (non-hydrogen) atoms. The number of hydrogen-bond acceptors (Lipinski definition) is 2. The molecule has 0 bridgehead atoms. The number of carboxylic acid groups (broad SMARTS) is 1. The number of carboxylic acids is 1. The topological polar surface area (TPSA) is 55.4 Å². The van der Waals surface area contributed by atoms with Gasteiger partial charge in [0.05, 0.1) is 18.4 Å². The van der Waals surface area contributed by atoms with E-state index in [2.05, 4.69) is 0 Å². The van der Waals surface area contributed by atoms with Crippen LogP contribution < -0.4 is 0 Å². The number of benzene rings is 1. The molecule has 0 saturated carbocycles. The van der Waals surface area contributed by atoms with Gasteiger partial charge in [0.2, 0.25) is 0 Å². The average Bonchev–Trinajstić information content (AvgIpc) is 3.10. The van der Waals surface area contributed by atoms with Gasteiger partial charge in [0, 0.05) is 11.4 Å². The molecule has 2 heterocycles. The Hall–Kier alpha value is -2.82.